The van der Waals surface area contributed by atoms with Crippen molar-refractivity contribution >= 4 is 11.4 Å². The SMILES string of the molecule is COCc1cc([N+](=O)[O-])ccc1NC1CCCc2ccc(F)cc21. The summed E-state index contributed by atoms with van der Waals surface area (Å²) in [5.41, 5.74) is 3.64. The fraction of sp³-hybridized carbons (Fsp3) is 0.333. The molecular formula is C18H19FN2O3. The number of non-ortho nitro benzene ring substituents is 1. The van der Waals surface area contributed by atoms with Crippen LogP contribution in [0.3, 0.4) is 0 Å². The van der Waals surface area contributed by atoms with Gasteiger partial charge >= 0.3 is 0 Å². The van der Waals surface area contributed by atoms with Crippen molar-refractivity contribution in [3.8, 4) is 0 Å². The summed E-state index contributed by atoms with van der Waals surface area (Å²) >= 11 is 0. The first kappa shape index (κ1) is 16.4. The maximum Gasteiger partial charge on any atom is 0.269 e. The van der Waals surface area contributed by atoms with E-state index < -0.39 is 4.92 Å². The third-order valence-corrected chi connectivity index (χ3v) is 4.35. The van der Waals surface area contributed by atoms with Gasteiger partial charge in [-0.05, 0) is 48.6 Å². The van der Waals surface area contributed by atoms with Crippen LogP contribution < -0.4 is 5.32 Å². The van der Waals surface area contributed by atoms with Crippen LogP contribution in [0.15, 0.2) is 36.4 Å². The van der Waals surface area contributed by atoms with E-state index in [0.29, 0.717) is 0 Å². The van der Waals surface area contributed by atoms with Crippen LogP contribution >= 0.6 is 0 Å². The maximum atomic E-state index is 13.6. The van der Waals surface area contributed by atoms with Crippen LogP contribution in [0.2, 0.25) is 0 Å². The molecule has 0 heterocycles. The number of rotatable bonds is 5. The molecule has 2 aromatic rings. The Labute approximate surface area is 139 Å². The molecular weight excluding hydrogens is 311 g/mol. The number of nitro groups is 1. The summed E-state index contributed by atoms with van der Waals surface area (Å²) in [4.78, 5) is 10.5. The van der Waals surface area contributed by atoms with Gasteiger partial charge in [-0.15, -0.1) is 0 Å². The van der Waals surface area contributed by atoms with Crippen molar-refractivity contribution < 1.29 is 14.1 Å². The van der Waals surface area contributed by atoms with Gasteiger partial charge in [0.25, 0.3) is 5.69 Å². The molecule has 0 aromatic heterocycles. The second-order valence-electron chi connectivity index (χ2n) is 5.96. The molecule has 3 rings (SSSR count). The normalized spacial score (nSPS) is 16.5. The van der Waals surface area contributed by atoms with E-state index in [1.807, 2.05) is 6.07 Å². The molecule has 1 aliphatic rings. The molecule has 1 aliphatic carbocycles. The number of hydrogen-bond donors (Lipinski definition) is 1. The van der Waals surface area contributed by atoms with E-state index in [4.69, 9.17) is 4.74 Å². The fourth-order valence-corrected chi connectivity index (χ4v) is 3.22. The Morgan fingerprint density at radius 3 is 2.92 bits per heavy atom. The zero-order chi connectivity index (χ0) is 17.1. The molecule has 5 nitrogen and oxygen atoms in total. The van der Waals surface area contributed by atoms with Gasteiger partial charge in [-0.2, -0.15) is 0 Å². The Bertz CT molecular complexity index is 764. The molecule has 0 radical (unpaired) electrons. The monoisotopic (exact) mass is 330 g/mol. The lowest BCUT2D eigenvalue weighted by Gasteiger charge is -2.28. The molecule has 0 spiro atoms. The number of fused-ring (bicyclic) bond motifs is 1. The average Bonchev–Trinajstić information content (AvgIpc) is 2.57. The maximum absolute atomic E-state index is 13.6. The Hall–Kier alpha value is -2.47. The van der Waals surface area contributed by atoms with E-state index in [-0.39, 0.29) is 24.2 Å². The number of nitrogens with zero attached hydrogens (tertiary/aromatic N) is 1. The van der Waals surface area contributed by atoms with Crippen molar-refractivity contribution in [2.24, 2.45) is 0 Å². The predicted octanol–water partition coefficient (Wildman–Crippen LogP) is 4.37. The second-order valence-corrected chi connectivity index (χ2v) is 5.96. The molecule has 1 atom stereocenters. The number of benzene rings is 2. The Balaban J connectivity index is 1.92. The largest absolute Gasteiger partial charge is 0.380 e. The van der Waals surface area contributed by atoms with Crippen molar-refractivity contribution in [3.63, 3.8) is 0 Å². The van der Waals surface area contributed by atoms with Crippen LogP contribution in [0.4, 0.5) is 15.8 Å². The van der Waals surface area contributed by atoms with Gasteiger partial charge in [-0.25, -0.2) is 4.39 Å². The van der Waals surface area contributed by atoms with Gasteiger partial charge in [0, 0.05) is 30.5 Å². The third-order valence-electron chi connectivity index (χ3n) is 4.35. The van der Waals surface area contributed by atoms with Crippen LogP contribution in [-0.2, 0) is 17.8 Å². The minimum atomic E-state index is -0.422. The lowest BCUT2D eigenvalue weighted by molar-refractivity contribution is -0.384. The van der Waals surface area contributed by atoms with Gasteiger partial charge < -0.3 is 10.1 Å². The van der Waals surface area contributed by atoms with Crippen LogP contribution in [0, 0.1) is 15.9 Å². The van der Waals surface area contributed by atoms with Crippen LogP contribution in [0.5, 0.6) is 0 Å². The highest BCUT2D eigenvalue weighted by molar-refractivity contribution is 5.57. The van der Waals surface area contributed by atoms with Crippen molar-refractivity contribution in [3.05, 3.63) is 69.0 Å². The number of hydrogen-bond acceptors (Lipinski definition) is 4. The first-order chi connectivity index (χ1) is 11.6. The Morgan fingerprint density at radius 1 is 1.33 bits per heavy atom. The molecule has 0 saturated carbocycles. The first-order valence-corrected chi connectivity index (χ1v) is 7.89. The Morgan fingerprint density at radius 2 is 2.17 bits per heavy atom. The summed E-state index contributed by atoms with van der Waals surface area (Å²) in [6.07, 6.45) is 2.85. The van der Waals surface area contributed by atoms with E-state index in [1.54, 1.807) is 19.2 Å². The molecule has 0 fully saturated rings. The standard InChI is InChI=1S/C18H19FN2O3/c1-24-11-13-9-15(21(22)23)7-8-17(13)20-18-4-2-3-12-5-6-14(19)10-16(12)18/h5-10,18,20H,2-4,11H2,1H3. The van der Waals surface area contributed by atoms with Gasteiger partial charge in [-0.1, -0.05) is 6.07 Å². The molecule has 0 saturated heterocycles. The Kier molecular flexibility index (Phi) is 4.76. The number of ether oxygens (including phenoxy) is 1. The summed E-state index contributed by atoms with van der Waals surface area (Å²) in [5, 5.41) is 14.4. The predicted molar refractivity (Wildman–Crippen MR) is 89.5 cm³/mol. The van der Waals surface area contributed by atoms with Crippen molar-refractivity contribution in [1.82, 2.24) is 0 Å². The highest BCUT2D eigenvalue weighted by atomic mass is 19.1. The number of anilines is 1. The number of methoxy groups -OCH3 is 1. The van der Waals surface area contributed by atoms with Crippen LogP contribution in [-0.4, -0.2) is 12.0 Å². The molecule has 0 amide bonds. The third kappa shape index (κ3) is 3.38. The van der Waals surface area contributed by atoms with Crippen molar-refractivity contribution in [2.75, 3.05) is 12.4 Å². The molecule has 0 bridgehead atoms. The van der Waals surface area contributed by atoms with Gasteiger partial charge in [0.05, 0.1) is 17.6 Å². The quantitative estimate of drug-likeness (QED) is 0.653. The minimum Gasteiger partial charge on any atom is -0.380 e. The average molecular weight is 330 g/mol. The summed E-state index contributed by atoms with van der Waals surface area (Å²) in [7, 11) is 1.55. The molecule has 1 unspecified atom stereocenters. The summed E-state index contributed by atoms with van der Waals surface area (Å²) in [6, 6.07) is 9.57. The van der Waals surface area contributed by atoms with Crippen molar-refractivity contribution in [2.45, 2.75) is 31.9 Å². The smallest absolute Gasteiger partial charge is 0.269 e. The van der Waals surface area contributed by atoms with E-state index in [1.165, 1.54) is 18.2 Å². The minimum absolute atomic E-state index is 0.0125. The topological polar surface area (TPSA) is 64.4 Å². The molecule has 126 valence electrons. The summed E-state index contributed by atoms with van der Waals surface area (Å²) in [5.74, 6) is -0.247. The van der Waals surface area contributed by atoms with Gasteiger partial charge in [0.15, 0.2) is 0 Å². The first-order valence-electron chi connectivity index (χ1n) is 7.89. The van der Waals surface area contributed by atoms with E-state index in [0.717, 1.165) is 41.6 Å². The zero-order valence-corrected chi connectivity index (χ0v) is 13.4. The molecule has 24 heavy (non-hydrogen) atoms. The van der Waals surface area contributed by atoms with Gasteiger partial charge in [0.1, 0.15) is 5.82 Å². The van der Waals surface area contributed by atoms with Crippen molar-refractivity contribution in [1.29, 1.82) is 0 Å². The highest BCUT2D eigenvalue weighted by Crippen LogP contribution is 2.34. The van der Waals surface area contributed by atoms with E-state index >= 15 is 0 Å². The number of aryl methyl sites for hydroxylation is 1. The zero-order valence-electron chi connectivity index (χ0n) is 13.4. The number of nitrogens with one attached hydrogen (secondary N) is 1. The molecule has 2 aromatic carbocycles. The van der Waals surface area contributed by atoms with Gasteiger partial charge in [0.2, 0.25) is 0 Å². The highest BCUT2D eigenvalue weighted by Gasteiger charge is 2.22. The molecule has 0 aliphatic heterocycles. The number of nitro benzene ring substituents is 1. The van der Waals surface area contributed by atoms with Crippen LogP contribution in [0.1, 0.15) is 35.6 Å². The van der Waals surface area contributed by atoms with Gasteiger partial charge in [-0.3, -0.25) is 10.1 Å². The number of halogens is 1. The molecule has 6 heteroatoms. The van der Waals surface area contributed by atoms with Crippen LogP contribution in [0.25, 0.3) is 0 Å². The van der Waals surface area contributed by atoms with E-state index in [9.17, 15) is 14.5 Å². The summed E-state index contributed by atoms with van der Waals surface area (Å²) < 4.78 is 18.8. The lowest BCUT2D eigenvalue weighted by atomic mass is 9.87. The second kappa shape index (κ2) is 6.97. The molecule has 1 N–H and O–H groups in total. The summed E-state index contributed by atoms with van der Waals surface area (Å²) in [6.45, 7) is 0.271. The van der Waals surface area contributed by atoms with E-state index in [2.05, 4.69) is 5.32 Å². The fourth-order valence-electron chi connectivity index (χ4n) is 3.22. The lowest BCUT2D eigenvalue weighted by Crippen LogP contribution is -2.18.